The average Bonchev–Trinajstić information content (AvgIpc) is 2.55. The van der Waals surface area contributed by atoms with Crippen LogP contribution in [0.1, 0.15) is 46.5 Å². The van der Waals surface area contributed by atoms with Gasteiger partial charge in [0.2, 0.25) is 5.91 Å². The van der Waals surface area contributed by atoms with Gasteiger partial charge in [0.1, 0.15) is 0 Å². The first-order valence-corrected chi connectivity index (χ1v) is 8.98. The van der Waals surface area contributed by atoms with Crippen LogP contribution in [-0.2, 0) is 9.53 Å². The molecule has 4 unspecified atom stereocenters. The van der Waals surface area contributed by atoms with Gasteiger partial charge in [0.25, 0.3) is 0 Å². The summed E-state index contributed by atoms with van der Waals surface area (Å²) < 4.78 is 5.98. The number of rotatable bonds is 3. The summed E-state index contributed by atoms with van der Waals surface area (Å²) >= 11 is 0. The second-order valence-corrected chi connectivity index (χ2v) is 7.55. The van der Waals surface area contributed by atoms with E-state index in [9.17, 15) is 4.79 Å². The topological polar surface area (TPSA) is 74.8 Å². The molecule has 0 spiro atoms. The van der Waals surface area contributed by atoms with Crippen LogP contribution in [0.4, 0.5) is 0 Å². The van der Waals surface area contributed by atoms with Gasteiger partial charge in [-0.25, -0.2) is 0 Å². The first kappa shape index (κ1) is 19.8. The molecule has 0 aromatic carbocycles. The van der Waals surface area contributed by atoms with Crippen LogP contribution in [0, 0.1) is 11.3 Å². The molecule has 4 atom stereocenters. The Morgan fingerprint density at radius 2 is 2.17 bits per heavy atom. The third-order valence-corrected chi connectivity index (χ3v) is 5.55. The first-order chi connectivity index (χ1) is 11.0. The molecule has 138 valence electrons. The number of carbonyl (C=O) groups is 1. The number of ether oxygens (including phenoxy) is 1. The lowest BCUT2D eigenvalue weighted by Gasteiger charge is -2.60. The van der Waals surface area contributed by atoms with E-state index in [0.29, 0.717) is 31.0 Å². The molecule has 0 aromatic heterocycles. The predicted octanol–water partition coefficient (Wildman–Crippen LogP) is 1.64. The summed E-state index contributed by atoms with van der Waals surface area (Å²) in [6.45, 7) is 8.92. The van der Waals surface area contributed by atoms with E-state index in [1.807, 2.05) is 6.92 Å². The minimum Gasteiger partial charge on any atom is -0.377 e. The quantitative estimate of drug-likeness (QED) is 0.347. The molecule has 7 heteroatoms. The van der Waals surface area contributed by atoms with Crippen molar-refractivity contribution in [1.82, 2.24) is 16.0 Å². The maximum Gasteiger partial charge on any atom is 0.220 e. The van der Waals surface area contributed by atoms with Crippen molar-refractivity contribution in [3.05, 3.63) is 0 Å². The lowest BCUT2D eigenvalue weighted by molar-refractivity contribution is -0.188. The van der Waals surface area contributed by atoms with E-state index in [0.717, 1.165) is 32.0 Å². The van der Waals surface area contributed by atoms with Gasteiger partial charge in [-0.2, -0.15) is 0 Å². The van der Waals surface area contributed by atoms with E-state index in [1.54, 1.807) is 0 Å². The summed E-state index contributed by atoms with van der Waals surface area (Å²) in [5, 5.41) is 10.1. The first-order valence-electron chi connectivity index (χ1n) is 8.98. The molecule has 1 aliphatic carbocycles. The molecular weight excluding hydrogens is 419 g/mol. The molecule has 2 aliphatic heterocycles. The fourth-order valence-corrected chi connectivity index (χ4v) is 4.30. The predicted molar refractivity (Wildman–Crippen MR) is 106 cm³/mol. The Morgan fingerprint density at radius 3 is 2.83 bits per heavy atom. The van der Waals surface area contributed by atoms with Crippen molar-refractivity contribution >= 4 is 35.8 Å². The fraction of sp³-hybridized carbons (Fsp3) is 0.882. The standard InChI is InChI=1S/C17H30N4O2.HI/c1-4-18-16(20-11-7-8-13(22)19-10-11)21-14-12-6-5-9-23-15(12)17(14,2)3;/h11-12,14-15H,4-10H2,1-3H3,(H,19,22)(H2,18,20,21);1H. The van der Waals surface area contributed by atoms with Gasteiger partial charge in [0.05, 0.1) is 6.10 Å². The van der Waals surface area contributed by atoms with Gasteiger partial charge >= 0.3 is 0 Å². The summed E-state index contributed by atoms with van der Waals surface area (Å²) in [6.07, 6.45) is 4.19. The van der Waals surface area contributed by atoms with E-state index in [-0.39, 0.29) is 41.3 Å². The smallest absolute Gasteiger partial charge is 0.220 e. The van der Waals surface area contributed by atoms with Gasteiger partial charge < -0.3 is 20.7 Å². The van der Waals surface area contributed by atoms with E-state index in [1.165, 1.54) is 6.42 Å². The molecule has 2 saturated heterocycles. The molecule has 0 bridgehead atoms. The summed E-state index contributed by atoms with van der Waals surface area (Å²) in [5.74, 6) is 1.59. The van der Waals surface area contributed by atoms with Crippen molar-refractivity contribution < 1.29 is 9.53 Å². The molecule has 0 aromatic rings. The van der Waals surface area contributed by atoms with Crippen LogP contribution in [0.5, 0.6) is 0 Å². The van der Waals surface area contributed by atoms with Gasteiger partial charge in [0.15, 0.2) is 5.96 Å². The van der Waals surface area contributed by atoms with E-state index < -0.39 is 0 Å². The van der Waals surface area contributed by atoms with E-state index in [4.69, 9.17) is 4.74 Å². The molecule has 3 rings (SSSR count). The Bertz CT molecular complexity index is 473. The number of carbonyl (C=O) groups excluding carboxylic acids is 1. The monoisotopic (exact) mass is 450 g/mol. The van der Waals surface area contributed by atoms with Crippen molar-refractivity contribution in [2.45, 2.75) is 64.6 Å². The second-order valence-electron chi connectivity index (χ2n) is 7.55. The zero-order chi connectivity index (χ0) is 16.4. The minimum absolute atomic E-state index is 0. The van der Waals surface area contributed by atoms with Crippen molar-refractivity contribution in [1.29, 1.82) is 0 Å². The number of piperidine rings is 1. The number of guanidine groups is 1. The van der Waals surface area contributed by atoms with Crippen LogP contribution in [0.3, 0.4) is 0 Å². The normalized spacial score (nSPS) is 35.0. The van der Waals surface area contributed by atoms with Crippen LogP contribution in [0.15, 0.2) is 4.99 Å². The molecule has 2 heterocycles. The Morgan fingerprint density at radius 1 is 1.38 bits per heavy atom. The summed E-state index contributed by atoms with van der Waals surface area (Å²) in [5.41, 5.74) is 0.127. The Balaban J connectivity index is 0.00000208. The van der Waals surface area contributed by atoms with Crippen molar-refractivity contribution in [2.75, 3.05) is 19.7 Å². The van der Waals surface area contributed by atoms with Crippen LogP contribution >= 0.6 is 24.0 Å². The number of nitrogens with zero attached hydrogens (tertiary/aromatic N) is 1. The molecule has 1 saturated carbocycles. The average molecular weight is 450 g/mol. The number of hydrogen-bond acceptors (Lipinski definition) is 3. The van der Waals surface area contributed by atoms with Crippen LogP contribution in [0.2, 0.25) is 0 Å². The number of halogens is 1. The minimum atomic E-state index is 0. The Hall–Kier alpha value is -0.570. The molecule has 1 amide bonds. The highest BCUT2D eigenvalue weighted by molar-refractivity contribution is 14.0. The molecule has 3 fully saturated rings. The van der Waals surface area contributed by atoms with E-state index >= 15 is 0 Å². The van der Waals surface area contributed by atoms with Gasteiger partial charge in [-0.1, -0.05) is 13.8 Å². The highest BCUT2D eigenvalue weighted by Gasteiger charge is 2.58. The summed E-state index contributed by atoms with van der Waals surface area (Å²) in [4.78, 5) is 15.9. The molecule has 24 heavy (non-hydrogen) atoms. The van der Waals surface area contributed by atoms with Gasteiger partial charge in [0, 0.05) is 49.5 Å². The van der Waals surface area contributed by atoms with Crippen molar-refractivity contribution in [3.8, 4) is 0 Å². The molecule has 3 N–H and O–H groups in total. The third-order valence-electron chi connectivity index (χ3n) is 5.55. The number of fused-ring (bicyclic) bond motifs is 1. The van der Waals surface area contributed by atoms with Gasteiger partial charge in [-0.15, -0.1) is 24.0 Å². The number of aliphatic imine (C=N–C) groups is 1. The molecular formula is C17H31IN4O2. The van der Waals surface area contributed by atoms with E-state index in [2.05, 4.69) is 34.8 Å². The molecule has 0 radical (unpaired) electrons. The third kappa shape index (κ3) is 3.98. The number of hydrogen-bond donors (Lipinski definition) is 3. The second kappa shape index (κ2) is 8.21. The van der Waals surface area contributed by atoms with Gasteiger partial charge in [-0.05, 0) is 26.2 Å². The SMILES string of the molecule is CCN=C(NC1CCC(=O)NC1)NC1C2CCCOC2C1(C)C.I. The number of nitrogens with one attached hydrogen (secondary N) is 3. The van der Waals surface area contributed by atoms with Crippen molar-refractivity contribution in [2.24, 2.45) is 16.3 Å². The van der Waals surface area contributed by atoms with Crippen molar-refractivity contribution in [3.63, 3.8) is 0 Å². The molecule has 3 aliphatic rings. The zero-order valence-corrected chi connectivity index (χ0v) is 17.3. The maximum absolute atomic E-state index is 11.3. The lowest BCUT2D eigenvalue weighted by atomic mass is 9.55. The van der Waals surface area contributed by atoms with Crippen LogP contribution in [-0.4, -0.2) is 49.8 Å². The Kier molecular flexibility index (Phi) is 6.75. The highest BCUT2D eigenvalue weighted by Crippen LogP contribution is 2.51. The maximum atomic E-state index is 11.3. The highest BCUT2D eigenvalue weighted by atomic mass is 127. The zero-order valence-electron chi connectivity index (χ0n) is 14.9. The van der Waals surface area contributed by atoms with Crippen LogP contribution < -0.4 is 16.0 Å². The summed E-state index contributed by atoms with van der Waals surface area (Å²) in [7, 11) is 0. The van der Waals surface area contributed by atoms with Crippen LogP contribution in [0.25, 0.3) is 0 Å². The lowest BCUT2D eigenvalue weighted by Crippen LogP contribution is -2.71. The van der Waals surface area contributed by atoms with Gasteiger partial charge in [-0.3, -0.25) is 9.79 Å². The largest absolute Gasteiger partial charge is 0.377 e. The number of amides is 1. The summed E-state index contributed by atoms with van der Waals surface area (Å²) in [6, 6.07) is 0.649. The fourth-order valence-electron chi connectivity index (χ4n) is 4.30. The molecule has 6 nitrogen and oxygen atoms in total. The Labute approximate surface area is 162 Å².